The summed E-state index contributed by atoms with van der Waals surface area (Å²) >= 11 is 0. The third kappa shape index (κ3) is 3.51. The molecule has 0 amide bonds. The summed E-state index contributed by atoms with van der Waals surface area (Å²) in [6.07, 6.45) is 2.57. The summed E-state index contributed by atoms with van der Waals surface area (Å²) in [4.78, 5) is 23.4. The van der Waals surface area contributed by atoms with Crippen LogP contribution in [0.5, 0.6) is 0 Å². The Morgan fingerprint density at radius 2 is 2.14 bits per heavy atom. The number of esters is 2. The van der Waals surface area contributed by atoms with Crippen molar-refractivity contribution in [3.8, 4) is 0 Å². The fourth-order valence-electron chi connectivity index (χ4n) is 2.27. The van der Waals surface area contributed by atoms with Gasteiger partial charge in [-0.1, -0.05) is 24.3 Å². The standard InChI is InChI=1S/C17H20O4/c1-4-11(2)16(18)20-12(3)9-10-15-13-7-5-6-8-14(13)17(19)21-15/h4-8,12,15H,9-10H2,1-3H3/b11-4-/t12-,15+/m1/s1. The van der Waals surface area contributed by atoms with Gasteiger partial charge in [0.15, 0.2) is 0 Å². The van der Waals surface area contributed by atoms with Crippen LogP contribution >= 0.6 is 0 Å². The minimum absolute atomic E-state index is 0.209. The predicted molar refractivity (Wildman–Crippen MR) is 78.8 cm³/mol. The van der Waals surface area contributed by atoms with Gasteiger partial charge in [0.1, 0.15) is 6.10 Å². The normalized spacial score (nSPS) is 18.9. The minimum Gasteiger partial charge on any atom is -0.459 e. The average Bonchev–Trinajstić information content (AvgIpc) is 2.81. The molecule has 0 radical (unpaired) electrons. The zero-order chi connectivity index (χ0) is 15.4. The Balaban J connectivity index is 1.90. The molecule has 0 N–H and O–H groups in total. The third-order valence-corrected chi connectivity index (χ3v) is 3.68. The summed E-state index contributed by atoms with van der Waals surface area (Å²) in [5, 5.41) is 0. The van der Waals surface area contributed by atoms with Gasteiger partial charge in [-0.05, 0) is 39.7 Å². The summed E-state index contributed by atoms with van der Waals surface area (Å²) in [7, 11) is 0. The van der Waals surface area contributed by atoms with Gasteiger partial charge in [-0.3, -0.25) is 0 Å². The molecule has 1 aliphatic heterocycles. The largest absolute Gasteiger partial charge is 0.459 e. The lowest BCUT2D eigenvalue weighted by atomic mass is 10.0. The molecule has 1 aliphatic rings. The van der Waals surface area contributed by atoms with E-state index < -0.39 is 0 Å². The van der Waals surface area contributed by atoms with E-state index in [1.165, 1.54) is 0 Å². The summed E-state index contributed by atoms with van der Waals surface area (Å²) < 4.78 is 10.7. The maximum atomic E-state index is 11.7. The topological polar surface area (TPSA) is 52.6 Å². The van der Waals surface area contributed by atoms with Crippen molar-refractivity contribution in [3.05, 3.63) is 47.0 Å². The van der Waals surface area contributed by atoms with Gasteiger partial charge in [0.25, 0.3) is 0 Å². The van der Waals surface area contributed by atoms with Crippen molar-refractivity contribution >= 4 is 11.9 Å². The number of carbonyl (C=O) groups excluding carboxylic acids is 2. The molecule has 0 spiro atoms. The number of ether oxygens (including phenoxy) is 2. The number of carbonyl (C=O) groups is 2. The van der Waals surface area contributed by atoms with E-state index in [1.807, 2.05) is 25.1 Å². The van der Waals surface area contributed by atoms with Crippen LogP contribution in [0.2, 0.25) is 0 Å². The van der Waals surface area contributed by atoms with Gasteiger partial charge in [-0.15, -0.1) is 0 Å². The second-order valence-corrected chi connectivity index (χ2v) is 5.25. The molecule has 0 fully saturated rings. The van der Waals surface area contributed by atoms with Crippen LogP contribution in [-0.4, -0.2) is 18.0 Å². The number of rotatable bonds is 5. The minimum atomic E-state index is -0.297. The predicted octanol–water partition coefficient (Wildman–Crippen LogP) is 3.58. The highest BCUT2D eigenvalue weighted by Gasteiger charge is 2.30. The highest BCUT2D eigenvalue weighted by Crippen LogP contribution is 2.34. The Kier molecular flexibility index (Phi) is 4.78. The number of hydrogen-bond acceptors (Lipinski definition) is 4. The molecule has 1 aromatic carbocycles. The second-order valence-electron chi connectivity index (χ2n) is 5.25. The van der Waals surface area contributed by atoms with Gasteiger partial charge in [-0.25, -0.2) is 9.59 Å². The van der Waals surface area contributed by atoms with E-state index in [9.17, 15) is 9.59 Å². The second kappa shape index (κ2) is 6.57. The molecular weight excluding hydrogens is 268 g/mol. The molecule has 0 aromatic heterocycles. The molecule has 1 heterocycles. The number of allylic oxidation sites excluding steroid dienone is 1. The van der Waals surface area contributed by atoms with Crippen molar-refractivity contribution < 1.29 is 19.1 Å². The summed E-state index contributed by atoms with van der Waals surface area (Å²) in [6.45, 7) is 5.38. The van der Waals surface area contributed by atoms with E-state index in [-0.39, 0.29) is 24.1 Å². The van der Waals surface area contributed by atoms with Crippen molar-refractivity contribution in [2.75, 3.05) is 0 Å². The summed E-state index contributed by atoms with van der Waals surface area (Å²) in [5.74, 6) is -0.571. The Bertz CT molecular complexity index is 574. The maximum Gasteiger partial charge on any atom is 0.339 e. The molecule has 4 nitrogen and oxygen atoms in total. The van der Waals surface area contributed by atoms with E-state index in [0.717, 1.165) is 5.56 Å². The molecule has 1 aromatic rings. The van der Waals surface area contributed by atoms with Crippen LogP contribution in [0.1, 0.15) is 55.6 Å². The Morgan fingerprint density at radius 3 is 2.86 bits per heavy atom. The van der Waals surface area contributed by atoms with E-state index >= 15 is 0 Å². The van der Waals surface area contributed by atoms with Crippen molar-refractivity contribution in [2.45, 2.75) is 45.8 Å². The van der Waals surface area contributed by atoms with Crippen LogP contribution in [0.3, 0.4) is 0 Å². The van der Waals surface area contributed by atoms with Gasteiger partial charge in [-0.2, -0.15) is 0 Å². The van der Waals surface area contributed by atoms with Gasteiger partial charge in [0.05, 0.1) is 11.7 Å². The van der Waals surface area contributed by atoms with E-state index in [1.54, 1.807) is 26.0 Å². The van der Waals surface area contributed by atoms with Crippen LogP contribution in [0.15, 0.2) is 35.9 Å². The molecule has 4 heteroatoms. The first kappa shape index (κ1) is 15.3. The zero-order valence-electron chi connectivity index (χ0n) is 12.6. The van der Waals surface area contributed by atoms with Crippen LogP contribution in [-0.2, 0) is 14.3 Å². The molecule has 0 unspecified atom stereocenters. The van der Waals surface area contributed by atoms with Gasteiger partial charge in [0, 0.05) is 11.1 Å². The van der Waals surface area contributed by atoms with Crippen LogP contribution in [0.25, 0.3) is 0 Å². The first-order chi connectivity index (χ1) is 10.0. The summed E-state index contributed by atoms with van der Waals surface area (Å²) in [6, 6.07) is 7.40. The first-order valence-corrected chi connectivity index (χ1v) is 7.16. The lowest BCUT2D eigenvalue weighted by molar-refractivity contribution is -0.143. The Hall–Kier alpha value is -2.10. The highest BCUT2D eigenvalue weighted by molar-refractivity contribution is 5.93. The number of benzene rings is 1. The molecule has 21 heavy (non-hydrogen) atoms. The average molecular weight is 288 g/mol. The van der Waals surface area contributed by atoms with E-state index in [2.05, 4.69) is 0 Å². The zero-order valence-corrected chi connectivity index (χ0v) is 12.6. The first-order valence-electron chi connectivity index (χ1n) is 7.16. The highest BCUT2D eigenvalue weighted by atomic mass is 16.6. The SMILES string of the molecule is C/C=C(/C)C(=O)O[C@H](C)CC[C@@H]1OC(=O)c2ccccc21. The number of fused-ring (bicyclic) bond motifs is 1. The van der Waals surface area contributed by atoms with Crippen molar-refractivity contribution in [2.24, 2.45) is 0 Å². The Morgan fingerprint density at radius 1 is 1.43 bits per heavy atom. The molecule has 2 atom stereocenters. The summed E-state index contributed by atoms with van der Waals surface area (Å²) in [5.41, 5.74) is 2.15. The molecular formula is C17H20O4. The maximum absolute atomic E-state index is 11.7. The molecule has 0 bridgehead atoms. The number of hydrogen-bond donors (Lipinski definition) is 0. The fourth-order valence-corrected chi connectivity index (χ4v) is 2.27. The molecule has 112 valence electrons. The fraction of sp³-hybridized carbons (Fsp3) is 0.412. The molecule has 0 saturated heterocycles. The van der Waals surface area contributed by atoms with Crippen LogP contribution in [0.4, 0.5) is 0 Å². The lowest BCUT2D eigenvalue weighted by Crippen LogP contribution is -2.16. The quantitative estimate of drug-likeness (QED) is 0.614. The molecule has 2 rings (SSSR count). The lowest BCUT2D eigenvalue weighted by Gasteiger charge is -2.16. The van der Waals surface area contributed by atoms with Gasteiger partial charge in [0.2, 0.25) is 0 Å². The monoisotopic (exact) mass is 288 g/mol. The smallest absolute Gasteiger partial charge is 0.339 e. The van der Waals surface area contributed by atoms with Gasteiger partial charge >= 0.3 is 11.9 Å². The van der Waals surface area contributed by atoms with Crippen LogP contribution < -0.4 is 0 Å². The van der Waals surface area contributed by atoms with Crippen molar-refractivity contribution in [1.82, 2.24) is 0 Å². The van der Waals surface area contributed by atoms with Crippen molar-refractivity contribution in [3.63, 3.8) is 0 Å². The number of cyclic esters (lactones) is 1. The molecule has 0 saturated carbocycles. The van der Waals surface area contributed by atoms with Crippen LogP contribution in [0, 0.1) is 0 Å². The van der Waals surface area contributed by atoms with Crippen molar-refractivity contribution in [1.29, 1.82) is 0 Å². The molecule has 0 aliphatic carbocycles. The third-order valence-electron chi connectivity index (χ3n) is 3.68. The Labute approximate surface area is 124 Å². The van der Waals surface area contributed by atoms with E-state index in [4.69, 9.17) is 9.47 Å². The van der Waals surface area contributed by atoms with E-state index in [0.29, 0.717) is 24.0 Å². The van der Waals surface area contributed by atoms with Gasteiger partial charge < -0.3 is 9.47 Å².